The number of ether oxygens (including phenoxy) is 1. The maximum absolute atomic E-state index is 12.4. The molecule has 4 nitrogen and oxygen atoms in total. The second-order valence-electron chi connectivity index (χ2n) is 6.64. The Bertz CT molecular complexity index is 476. The van der Waals surface area contributed by atoms with Gasteiger partial charge in [0.05, 0.1) is 13.2 Å². The molecule has 0 saturated carbocycles. The summed E-state index contributed by atoms with van der Waals surface area (Å²) in [6.45, 7) is 9.14. The quantitative estimate of drug-likeness (QED) is 0.909. The Hall–Kier alpha value is -1.55. The highest BCUT2D eigenvalue weighted by molar-refractivity contribution is 5.81. The Morgan fingerprint density at radius 3 is 2.41 bits per heavy atom. The molecule has 1 N–H and O–H groups in total. The summed E-state index contributed by atoms with van der Waals surface area (Å²) in [5.41, 5.74) is 1.08. The average molecular weight is 304 g/mol. The molecule has 1 aromatic rings. The molecule has 4 heteroatoms. The first-order valence-corrected chi connectivity index (χ1v) is 8.14. The van der Waals surface area contributed by atoms with Crippen molar-refractivity contribution in [2.75, 3.05) is 20.2 Å². The topological polar surface area (TPSA) is 41.6 Å². The SMILES string of the molecule is COc1ccc(CNC(=O)[C@H](C)N2C[C@H](C)C[C@@H](C)C2)cc1. The lowest BCUT2D eigenvalue weighted by Gasteiger charge is -2.38. The number of benzene rings is 1. The summed E-state index contributed by atoms with van der Waals surface area (Å²) < 4.78 is 5.14. The summed E-state index contributed by atoms with van der Waals surface area (Å²) >= 11 is 0. The second-order valence-corrected chi connectivity index (χ2v) is 6.64. The van der Waals surface area contributed by atoms with Crippen LogP contribution in [0.1, 0.15) is 32.8 Å². The van der Waals surface area contributed by atoms with E-state index in [4.69, 9.17) is 4.74 Å². The van der Waals surface area contributed by atoms with E-state index in [1.54, 1.807) is 7.11 Å². The van der Waals surface area contributed by atoms with Gasteiger partial charge in [0.15, 0.2) is 0 Å². The van der Waals surface area contributed by atoms with E-state index in [0.29, 0.717) is 18.4 Å². The summed E-state index contributed by atoms with van der Waals surface area (Å²) in [4.78, 5) is 14.7. The first-order chi connectivity index (χ1) is 10.5. The van der Waals surface area contributed by atoms with E-state index in [0.717, 1.165) is 24.4 Å². The third kappa shape index (κ3) is 4.47. The van der Waals surface area contributed by atoms with E-state index in [2.05, 4.69) is 24.1 Å². The van der Waals surface area contributed by atoms with E-state index in [-0.39, 0.29) is 11.9 Å². The highest BCUT2D eigenvalue weighted by atomic mass is 16.5. The summed E-state index contributed by atoms with van der Waals surface area (Å²) in [7, 11) is 1.65. The molecule has 1 aliphatic rings. The third-order valence-corrected chi connectivity index (χ3v) is 4.45. The standard InChI is InChI=1S/C18H28N2O2/c1-13-9-14(2)12-20(11-13)15(3)18(21)19-10-16-5-7-17(22-4)8-6-16/h5-8,13-15H,9-12H2,1-4H3,(H,19,21)/t13-,14-,15+/m1/s1. The molecule has 1 fully saturated rings. The van der Waals surface area contributed by atoms with Gasteiger partial charge in [-0.05, 0) is 42.9 Å². The van der Waals surface area contributed by atoms with Crippen LogP contribution in [0.2, 0.25) is 0 Å². The summed E-state index contributed by atoms with van der Waals surface area (Å²) in [5.74, 6) is 2.28. The maximum Gasteiger partial charge on any atom is 0.237 e. The lowest BCUT2D eigenvalue weighted by Crippen LogP contribution is -2.50. The van der Waals surface area contributed by atoms with Crippen molar-refractivity contribution in [1.82, 2.24) is 10.2 Å². The van der Waals surface area contributed by atoms with Crippen LogP contribution in [0, 0.1) is 11.8 Å². The molecule has 0 unspecified atom stereocenters. The predicted molar refractivity (Wildman–Crippen MR) is 88.8 cm³/mol. The molecule has 2 rings (SSSR count). The van der Waals surface area contributed by atoms with Gasteiger partial charge in [-0.3, -0.25) is 9.69 Å². The number of hydrogen-bond acceptors (Lipinski definition) is 3. The van der Waals surface area contributed by atoms with E-state index in [1.165, 1.54) is 6.42 Å². The van der Waals surface area contributed by atoms with Crippen molar-refractivity contribution >= 4 is 5.91 Å². The van der Waals surface area contributed by atoms with E-state index >= 15 is 0 Å². The van der Waals surface area contributed by atoms with Crippen molar-refractivity contribution in [3.8, 4) is 5.75 Å². The number of piperidine rings is 1. The highest BCUT2D eigenvalue weighted by Crippen LogP contribution is 2.22. The van der Waals surface area contributed by atoms with Gasteiger partial charge in [0.1, 0.15) is 5.75 Å². The van der Waals surface area contributed by atoms with Crippen LogP contribution in [0.25, 0.3) is 0 Å². The van der Waals surface area contributed by atoms with E-state index in [1.807, 2.05) is 31.2 Å². The molecule has 1 aliphatic heterocycles. The van der Waals surface area contributed by atoms with Crippen LogP contribution in [0.3, 0.4) is 0 Å². The molecule has 1 saturated heterocycles. The van der Waals surface area contributed by atoms with Gasteiger partial charge in [-0.1, -0.05) is 26.0 Å². The minimum Gasteiger partial charge on any atom is -0.497 e. The minimum atomic E-state index is -0.0663. The molecular weight excluding hydrogens is 276 g/mol. The van der Waals surface area contributed by atoms with Crippen molar-refractivity contribution in [1.29, 1.82) is 0 Å². The van der Waals surface area contributed by atoms with Crippen LogP contribution >= 0.6 is 0 Å². The highest BCUT2D eigenvalue weighted by Gasteiger charge is 2.28. The molecule has 0 bridgehead atoms. The van der Waals surface area contributed by atoms with E-state index in [9.17, 15) is 4.79 Å². The molecule has 0 aromatic heterocycles. The summed E-state index contributed by atoms with van der Waals surface area (Å²) in [6, 6.07) is 7.73. The number of nitrogens with zero attached hydrogens (tertiary/aromatic N) is 1. The zero-order valence-electron chi connectivity index (χ0n) is 14.1. The molecule has 0 aliphatic carbocycles. The van der Waals surface area contributed by atoms with Gasteiger partial charge in [-0.2, -0.15) is 0 Å². The van der Waals surface area contributed by atoms with Crippen LogP contribution < -0.4 is 10.1 Å². The zero-order chi connectivity index (χ0) is 16.1. The van der Waals surface area contributed by atoms with Crippen LogP contribution in [0.4, 0.5) is 0 Å². The number of hydrogen-bond donors (Lipinski definition) is 1. The Morgan fingerprint density at radius 1 is 1.27 bits per heavy atom. The second kappa shape index (κ2) is 7.63. The zero-order valence-corrected chi connectivity index (χ0v) is 14.1. The van der Waals surface area contributed by atoms with Gasteiger partial charge in [0.25, 0.3) is 0 Å². The molecule has 122 valence electrons. The maximum atomic E-state index is 12.4. The molecule has 1 amide bonds. The Balaban J connectivity index is 1.85. The molecule has 0 radical (unpaired) electrons. The number of carbonyl (C=O) groups excluding carboxylic acids is 1. The Kier molecular flexibility index (Phi) is 5.83. The Morgan fingerprint density at radius 2 is 1.86 bits per heavy atom. The number of rotatable bonds is 5. The van der Waals surface area contributed by atoms with Gasteiger partial charge in [0.2, 0.25) is 5.91 Å². The molecule has 3 atom stereocenters. The van der Waals surface area contributed by atoms with Gasteiger partial charge in [0, 0.05) is 19.6 Å². The van der Waals surface area contributed by atoms with Crippen LogP contribution in [0.15, 0.2) is 24.3 Å². The monoisotopic (exact) mass is 304 g/mol. The third-order valence-electron chi connectivity index (χ3n) is 4.45. The van der Waals surface area contributed by atoms with Gasteiger partial charge in [-0.25, -0.2) is 0 Å². The molecule has 22 heavy (non-hydrogen) atoms. The molecular formula is C18H28N2O2. The lowest BCUT2D eigenvalue weighted by molar-refractivity contribution is -0.127. The first-order valence-electron chi connectivity index (χ1n) is 8.14. The van der Waals surface area contributed by atoms with E-state index < -0.39 is 0 Å². The van der Waals surface area contributed by atoms with Crippen LogP contribution in [-0.2, 0) is 11.3 Å². The summed E-state index contributed by atoms with van der Waals surface area (Å²) in [5, 5.41) is 3.04. The number of amides is 1. The van der Waals surface area contributed by atoms with Crippen LogP contribution in [-0.4, -0.2) is 37.0 Å². The molecule has 0 spiro atoms. The average Bonchev–Trinajstić information content (AvgIpc) is 2.51. The normalized spacial score (nSPS) is 23.8. The number of likely N-dealkylation sites (tertiary alicyclic amines) is 1. The fraction of sp³-hybridized carbons (Fsp3) is 0.611. The minimum absolute atomic E-state index is 0.0663. The van der Waals surface area contributed by atoms with Crippen molar-refractivity contribution in [3.63, 3.8) is 0 Å². The number of nitrogens with one attached hydrogen (secondary N) is 1. The summed E-state index contributed by atoms with van der Waals surface area (Å²) in [6.07, 6.45) is 1.26. The lowest BCUT2D eigenvalue weighted by atomic mass is 9.91. The number of methoxy groups -OCH3 is 1. The predicted octanol–water partition coefficient (Wildman–Crippen LogP) is 2.68. The van der Waals surface area contributed by atoms with Crippen LogP contribution in [0.5, 0.6) is 5.75 Å². The fourth-order valence-electron chi connectivity index (χ4n) is 3.27. The largest absolute Gasteiger partial charge is 0.497 e. The van der Waals surface area contributed by atoms with Gasteiger partial charge in [-0.15, -0.1) is 0 Å². The molecule has 1 heterocycles. The van der Waals surface area contributed by atoms with Crippen molar-refractivity contribution in [3.05, 3.63) is 29.8 Å². The smallest absolute Gasteiger partial charge is 0.237 e. The van der Waals surface area contributed by atoms with Gasteiger partial charge < -0.3 is 10.1 Å². The van der Waals surface area contributed by atoms with Gasteiger partial charge >= 0.3 is 0 Å². The fourth-order valence-corrected chi connectivity index (χ4v) is 3.27. The van der Waals surface area contributed by atoms with Crippen molar-refractivity contribution < 1.29 is 9.53 Å². The first kappa shape index (κ1) is 16.8. The Labute approximate surface area is 133 Å². The van der Waals surface area contributed by atoms with Crippen molar-refractivity contribution in [2.24, 2.45) is 11.8 Å². The van der Waals surface area contributed by atoms with Crippen molar-refractivity contribution in [2.45, 2.75) is 39.8 Å². The number of carbonyl (C=O) groups is 1. The molecule has 1 aromatic carbocycles.